The van der Waals surface area contributed by atoms with E-state index in [4.69, 9.17) is 0 Å². The van der Waals surface area contributed by atoms with Crippen LogP contribution in [0, 0.1) is 17.8 Å². The van der Waals surface area contributed by atoms with Crippen LogP contribution in [0.3, 0.4) is 0 Å². The molecule has 2 fully saturated rings. The van der Waals surface area contributed by atoms with Crippen LogP contribution in [0.1, 0.15) is 85.5 Å². The van der Waals surface area contributed by atoms with Crippen molar-refractivity contribution in [1.82, 2.24) is 10.6 Å². The summed E-state index contributed by atoms with van der Waals surface area (Å²) in [6.45, 7) is 10.7. The van der Waals surface area contributed by atoms with Crippen LogP contribution in [-0.4, -0.2) is 24.7 Å². The van der Waals surface area contributed by atoms with E-state index in [1.54, 1.807) is 0 Å². The normalized spacial score (nSPS) is 34.4. The van der Waals surface area contributed by atoms with Crippen LogP contribution in [0.4, 0.5) is 0 Å². The van der Waals surface area contributed by atoms with Crippen molar-refractivity contribution < 1.29 is 0 Å². The van der Waals surface area contributed by atoms with E-state index in [-0.39, 0.29) is 0 Å². The molecule has 0 radical (unpaired) electrons. The van der Waals surface area contributed by atoms with Gasteiger partial charge in [0.15, 0.2) is 0 Å². The lowest BCUT2D eigenvalue weighted by Gasteiger charge is -2.42. The van der Waals surface area contributed by atoms with Gasteiger partial charge in [-0.3, -0.25) is 0 Å². The lowest BCUT2D eigenvalue weighted by atomic mass is 9.80. The molecular weight excluding hydrogens is 268 g/mol. The van der Waals surface area contributed by atoms with Crippen molar-refractivity contribution in [2.45, 2.75) is 104 Å². The fourth-order valence-electron chi connectivity index (χ4n) is 4.36. The van der Waals surface area contributed by atoms with Gasteiger partial charge < -0.3 is 10.6 Å². The molecule has 1 aliphatic heterocycles. The van der Waals surface area contributed by atoms with Gasteiger partial charge in [0.25, 0.3) is 0 Å². The van der Waals surface area contributed by atoms with Gasteiger partial charge in [0, 0.05) is 18.1 Å². The Morgan fingerprint density at radius 3 is 2.45 bits per heavy atom. The summed E-state index contributed by atoms with van der Waals surface area (Å²) in [4.78, 5) is 0. The molecule has 22 heavy (non-hydrogen) atoms. The van der Waals surface area contributed by atoms with E-state index in [1.165, 1.54) is 64.3 Å². The van der Waals surface area contributed by atoms with Gasteiger partial charge in [-0.25, -0.2) is 0 Å². The molecule has 2 heteroatoms. The molecule has 130 valence electrons. The van der Waals surface area contributed by atoms with Crippen molar-refractivity contribution in [2.24, 2.45) is 17.8 Å². The first-order chi connectivity index (χ1) is 10.6. The molecule has 6 unspecified atom stereocenters. The highest BCUT2D eigenvalue weighted by Crippen LogP contribution is 2.29. The van der Waals surface area contributed by atoms with Crippen molar-refractivity contribution >= 4 is 0 Å². The first-order valence-corrected chi connectivity index (χ1v) is 10.1. The average Bonchev–Trinajstić information content (AvgIpc) is 2.88. The fourth-order valence-corrected chi connectivity index (χ4v) is 4.36. The monoisotopic (exact) mass is 308 g/mol. The zero-order valence-electron chi connectivity index (χ0n) is 15.5. The van der Waals surface area contributed by atoms with Crippen molar-refractivity contribution in [3.63, 3.8) is 0 Å². The summed E-state index contributed by atoms with van der Waals surface area (Å²) >= 11 is 0. The zero-order chi connectivity index (χ0) is 15.9. The molecule has 6 atom stereocenters. The minimum absolute atomic E-state index is 0.802. The molecule has 0 aromatic rings. The van der Waals surface area contributed by atoms with Crippen LogP contribution in [0.2, 0.25) is 0 Å². The molecule has 1 heterocycles. The van der Waals surface area contributed by atoms with Gasteiger partial charge in [0.2, 0.25) is 0 Å². The average molecular weight is 309 g/mol. The zero-order valence-corrected chi connectivity index (χ0v) is 15.5. The van der Waals surface area contributed by atoms with E-state index in [2.05, 4.69) is 38.3 Å². The van der Waals surface area contributed by atoms with Crippen molar-refractivity contribution in [1.29, 1.82) is 0 Å². The fraction of sp³-hybridized carbons (Fsp3) is 1.00. The molecule has 0 amide bonds. The molecule has 2 aliphatic rings. The molecule has 1 saturated heterocycles. The minimum atomic E-state index is 0.802. The standard InChI is InChI=1S/C20H40N2/c1-5-15(3)7-10-19-14-20(22-19)17(6-2)11-12-21-18-9-8-16(4)13-18/h15-22H,5-14H2,1-4H3. The van der Waals surface area contributed by atoms with E-state index in [1.807, 2.05) is 0 Å². The second kappa shape index (κ2) is 9.27. The summed E-state index contributed by atoms with van der Waals surface area (Å²) in [5.41, 5.74) is 0. The van der Waals surface area contributed by atoms with Crippen LogP contribution < -0.4 is 10.6 Å². The molecule has 1 aliphatic carbocycles. The maximum Gasteiger partial charge on any atom is 0.0113 e. The second-order valence-electron chi connectivity index (χ2n) is 8.32. The smallest absolute Gasteiger partial charge is 0.0113 e. The summed E-state index contributed by atoms with van der Waals surface area (Å²) in [5, 5.41) is 7.68. The summed E-state index contributed by atoms with van der Waals surface area (Å²) in [6, 6.07) is 2.43. The Morgan fingerprint density at radius 1 is 1.09 bits per heavy atom. The lowest BCUT2D eigenvalue weighted by molar-refractivity contribution is 0.164. The first kappa shape index (κ1) is 18.3. The predicted octanol–water partition coefficient (Wildman–Crippen LogP) is 4.74. The van der Waals surface area contributed by atoms with E-state index in [0.717, 1.165) is 35.9 Å². The van der Waals surface area contributed by atoms with Gasteiger partial charge >= 0.3 is 0 Å². The molecule has 2 N–H and O–H groups in total. The Morgan fingerprint density at radius 2 is 1.86 bits per heavy atom. The predicted molar refractivity (Wildman–Crippen MR) is 97.2 cm³/mol. The summed E-state index contributed by atoms with van der Waals surface area (Å²) in [5.74, 6) is 2.73. The Bertz CT molecular complexity index is 298. The maximum atomic E-state index is 3.87. The summed E-state index contributed by atoms with van der Waals surface area (Å²) < 4.78 is 0. The second-order valence-corrected chi connectivity index (χ2v) is 8.32. The third-order valence-electron chi connectivity index (χ3n) is 6.43. The Balaban J connectivity index is 1.56. The molecule has 2 nitrogen and oxygen atoms in total. The lowest BCUT2D eigenvalue weighted by Crippen LogP contribution is -2.56. The number of nitrogens with one attached hydrogen (secondary N) is 2. The highest BCUT2D eigenvalue weighted by atomic mass is 15.0. The van der Waals surface area contributed by atoms with Gasteiger partial charge in [-0.2, -0.15) is 0 Å². The molecule has 0 aromatic heterocycles. The number of hydrogen-bond acceptors (Lipinski definition) is 2. The van der Waals surface area contributed by atoms with Crippen molar-refractivity contribution in [2.75, 3.05) is 6.54 Å². The van der Waals surface area contributed by atoms with Crippen LogP contribution in [-0.2, 0) is 0 Å². The number of rotatable bonds is 10. The third kappa shape index (κ3) is 5.53. The Labute approximate surface area is 139 Å². The van der Waals surface area contributed by atoms with Gasteiger partial charge in [0.05, 0.1) is 0 Å². The minimum Gasteiger partial charge on any atom is -0.314 e. The molecule has 0 aromatic carbocycles. The quantitative estimate of drug-likeness (QED) is 0.609. The van der Waals surface area contributed by atoms with Crippen LogP contribution in [0.5, 0.6) is 0 Å². The van der Waals surface area contributed by atoms with Gasteiger partial charge in [-0.15, -0.1) is 0 Å². The first-order valence-electron chi connectivity index (χ1n) is 10.1. The molecule has 2 rings (SSSR count). The largest absolute Gasteiger partial charge is 0.314 e. The van der Waals surface area contributed by atoms with Crippen LogP contribution >= 0.6 is 0 Å². The topological polar surface area (TPSA) is 24.1 Å². The summed E-state index contributed by atoms with van der Waals surface area (Å²) in [7, 11) is 0. The highest BCUT2D eigenvalue weighted by molar-refractivity contribution is 4.92. The molecule has 1 saturated carbocycles. The van der Waals surface area contributed by atoms with Gasteiger partial charge in [-0.05, 0) is 69.2 Å². The van der Waals surface area contributed by atoms with Gasteiger partial charge in [-0.1, -0.05) is 40.5 Å². The van der Waals surface area contributed by atoms with E-state index >= 15 is 0 Å². The van der Waals surface area contributed by atoms with Crippen LogP contribution in [0.25, 0.3) is 0 Å². The van der Waals surface area contributed by atoms with E-state index in [9.17, 15) is 0 Å². The SMILES string of the molecule is CCC(C)CCC1CC(C(CC)CCNC2CCC(C)C2)N1. The molecular formula is C20H40N2. The number of hydrogen-bond donors (Lipinski definition) is 2. The molecule has 0 bridgehead atoms. The van der Waals surface area contributed by atoms with E-state index in [0.29, 0.717) is 0 Å². The van der Waals surface area contributed by atoms with Crippen LogP contribution in [0.15, 0.2) is 0 Å². The maximum absolute atomic E-state index is 3.87. The highest BCUT2D eigenvalue weighted by Gasteiger charge is 2.33. The Kier molecular flexibility index (Phi) is 7.70. The van der Waals surface area contributed by atoms with Crippen molar-refractivity contribution in [3.05, 3.63) is 0 Å². The van der Waals surface area contributed by atoms with Crippen molar-refractivity contribution in [3.8, 4) is 0 Å². The van der Waals surface area contributed by atoms with Gasteiger partial charge in [0.1, 0.15) is 0 Å². The molecule has 0 spiro atoms. The van der Waals surface area contributed by atoms with E-state index < -0.39 is 0 Å². The Hall–Kier alpha value is -0.0800. The third-order valence-corrected chi connectivity index (χ3v) is 6.43. The summed E-state index contributed by atoms with van der Waals surface area (Å²) in [6.07, 6.45) is 12.5.